The number of carboxylic acid groups (broad SMARTS) is 1. The van der Waals surface area contributed by atoms with Crippen LogP contribution in [0.1, 0.15) is 16.7 Å². The van der Waals surface area contributed by atoms with Crippen LogP contribution in [0.15, 0.2) is 45.8 Å². The second-order valence-electron chi connectivity index (χ2n) is 6.95. The Bertz CT molecular complexity index is 1130. The Kier molecular flexibility index (Phi) is 7.37. The molecule has 0 saturated carbocycles. The van der Waals surface area contributed by atoms with Crippen LogP contribution in [-0.4, -0.2) is 46.2 Å². The molecular weight excluding hydrogens is 500 g/mol. The van der Waals surface area contributed by atoms with Crippen molar-refractivity contribution in [1.29, 1.82) is 0 Å². The van der Waals surface area contributed by atoms with E-state index in [-0.39, 0.29) is 10.7 Å². The van der Waals surface area contributed by atoms with Gasteiger partial charge in [0.25, 0.3) is 11.1 Å². The Morgan fingerprint density at radius 3 is 2.53 bits per heavy atom. The molecule has 1 fully saturated rings. The highest BCUT2D eigenvalue weighted by Gasteiger charge is 2.36. The molecule has 1 aliphatic rings. The van der Waals surface area contributed by atoms with Gasteiger partial charge in [0, 0.05) is 15.7 Å². The molecule has 1 heterocycles. The van der Waals surface area contributed by atoms with E-state index in [9.17, 15) is 19.2 Å². The largest absolute Gasteiger partial charge is 0.481 e. The maximum absolute atomic E-state index is 12.8. The third-order valence-electron chi connectivity index (χ3n) is 4.53. The summed E-state index contributed by atoms with van der Waals surface area (Å²) in [4.78, 5) is 49.5. The minimum atomic E-state index is -1.14. The molecule has 0 radical (unpaired) electrons. The van der Waals surface area contributed by atoms with Crippen LogP contribution in [0, 0.1) is 13.8 Å². The van der Waals surface area contributed by atoms with Gasteiger partial charge < -0.3 is 15.2 Å². The monoisotopic (exact) mass is 518 g/mol. The van der Waals surface area contributed by atoms with Crippen molar-refractivity contribution < 1.29 is 29.0 Å². The lowest BCUT2D eigenvalue weighted by Gasteiger charge is -2.15. The molecule has 1 aliphatic heterocycles. The summed E-state index contributed by atoms with van der Waals surface area (Å²) in [5.41, 5.74) is 2.81. The van der Waals surface area contributed by atoms with E-state index in [2.05, 4.69) is 21.2 Å². The zero-order valence-corrected chi connectivity index (χ0v) is 19.6. The van der Waals surface area contributed by atoms with Crippen molar-refractivity contribution in [3.8, 4) is 5.75 Å². The molecule has 0 spiro atoms. The highest BCUT2D eigenvalue weighted by Crippen LogP contribution is 2.35. The Hall–Kier alpha value is -3.11. The van der Waals surface area contributed by atoms with Gasteiger partial charge in [-0.15, -0.1) is 0 Å². The molecule has 2 N–H and O–H groups in total. The summed E-state index contributed by atoms with van der Waals surface area (Å²) < 4.78 is 5.94. The summed E-state index contributed by atoms with van der Waals surface area (Å²) in [6, 6.07) is 10.4. The van der Waals surface area contributed by atoms with Crippen molar-refractivity contribution in [2.45, 2.75) is 13.8 Å². The van der Waals surface area contributed by atoms with Crippen molar-refractivity contribution in [3.63, 3.8) is 0 Å². The zero-order chi connectivity index (χ0) is 23.4. The van der Waals surface area contributed by atoms with Gasteiger partial charge >= 0.3 is 5.97 Å². The second-order valence-corrected chi connectivity index (χ2v) is 8.86. The average Bonchev–Trinajstić information content (AvgIpc) is 2.97. The first-order valence-electron chi connectivity index (χ1n) is 9.41. The van der Waals surface area contributed by atoms with Crippen LogP contribution >= 0.6 is 27.7 Å². The third kappa shape index (κ3) is 5.57. The number of carbonyl (C=O) groups excluding carboxylic acids is 3. The van der Waals surface area contributed by atoms with E-state index >= 15 is 0 Å². The number of halogens is 1. The Balaban J connectivity index is 1.77. The van der Waals surface area contributed by atoms with Crippen LogP contribution in [0.2, 0.25) is 0 Å². The summed E-state index contributed by atoms with van der Waals surface area (Å²) in [7, 11) is 0. The normalized spacial score (nSPS) is 14.7. The number of carbonyl (C=O) groups is 4. The molecule has 8 nitrogen and oxygen atoms in total. The zero-order valence-electron chi connectivity index (χ0n) is 17.2. The molecule has 32 heavy (non-hydrogen) atoms. The summed E-state index contributed by atoms with van der Waals surface area (Å²) in [5.74, 6) is -2.00. The van der Waals surface area contributed by atoms with Gasteiger partial charge in [0.1, 0.15) is 12.3 Å². The topological polar surface area (TPSA) is 113 Å². The predicted molar refractivity (Wildman–Crippen MR) is 124 cm³/mol. The minimum absolute atomic E-state index is 0.105. The number of benzene rings is 2. The third-order valence-corrected chi connectivity index (χ3v) is 5.93. The lowest BCUT2D eigenvalue weighted by molar-refractivity contribution is -0.139. The number of carboxylic acids is 1. The SMILES string of the molecule is Cc1cccc(C)c1NC(=O)CN1C(=O)S/C(=C/c2cc(Br)ccc2OCC(=O)O)C1=O. The molecule has 3 rings (SSSR count). The molecule has 0 atom stereocenters. The highest BCUT2D eigenvalue weighted by molar-refractivity contribution is 9.10. The molecule has 2 aromatic rings. The predicted octanol–water partition coefficient (Wildman–Crippen LogP) is 4.20. The number of ether oxygens (including phenoxy) is 1. The molecule has 0 bridgehead atoms. The lowest BCUT2D eigenvalue weighted by Crippen LogP contribution is -2.36. The number of anilines is 1. The number of imide groups is 1. The number of hydrogen-bond donors (Lipinski definition) is 2. The highest BCUT2D eigenvalue weighted by atomic mass is 79.9. The smallest absolute Gasteiger partial charge is 0.341 e. The van der Waals surface area contributed by atoms with E-state index < -0.39 is 36.2 Å². The number of nitrogens with zero attached hydrogens (tertiary/aromatic N) is 1. The van der Waals surface area contributed by atoms with Crippen molar-refractivity contribution in [2.75, 3.05) is 18.5 Å². The number of hydrogen-bond acceptors (Lipinski definition) is 6. The fourth-order valence-electron chi connectivity index (χ4n) is 3.01. The van der Waals surface area contributed by atoms with Crippen molar-refractivity contribution in [2.24, 2.45) is 0 Å². The van der Waals surface area contributed by atoms with Gasteiger partial charge in [-0.25, -0.2) is 4.79 Å². The number of para-hydroxylation sites is 1. The van der Waals surface area contributed by atoms with Gasteiger partial charge in [-0.05, 0) is 61.0 Å². The van der Waals surface area contributed by atoms with Crippen molar-refractivity contribution >= 4 is 62.5 Å². The van der Waals surface area contributed by atoms with Gasteiger partial charge in [0.15, 0.2) is 6.61 Å². The van der Waals surface area contributed by atoms with Crippen LogP contribution < -0.4 is 10.1 Å². The van der Waals surface area contributed by atoms with E-state index in [1.807, 2.05) is 32.0 Å². The van der Waals surface area contributed by atoms with Crippen LogP contribution in [0.4, 0.5) is 10.5 Å². The average molecular weight is 519 g/mol. The number of aliphatic carboxylic acids is 1. The lowest BCUT2D eigenvalue weighted by atomic mass is 10.1. The minimum Gasteiger partial charge on any atom is -0.481 e. The molecule has 2 aromatic carbocycles. The molecule has 0 aliphatic carbocycles. The fraction of sp³-hybridized carbons (Fsp3) is 0.182. The fourth-order valence-corrected chi connectivity index (χ4v) is 4.22. The molecule has 3 amide bonds. The van der Waals surface area contributed by atoms with Gasteiger partial charge in [0.05, 0.1) is 4.91 Å². The van der Waals surface area contributed by atoms with E-state index in [1.165, 1.54) is 6.08 Å². The number of nitrogens with one attached hydrogen (secondary N) is 1. The Morgan fingerprint density at radius 2 is 1.88 bits per heavy atom. The maximum Gasteiger partial charge on any atom is 0.341 e. The number of thioether (sulfide) groups is 1. The van der Waals surface area contributed by atoms with Crippen LogP contribution in [-0.2, 0) is 14.4 Å². The number of amides is 3. The van der Waals surface area contributed by atoms with Crippen LogP contribution in [0.3, 0.4) is 0 Å². The van der Waals surface area contributed by atoms with E-state index in [0.717, 1.165) is 16.0 Å². The van der Waals surface area contributed by atoms with Gasteiger partial charge in [-0.2, -0.15) is 0 Å². The van der Waals surface area contributed by atoms with Crippen LogP contribution in [0.25, 0.3) is 6.08 Å². The van der Waals surface area contributed by atoms with Gasteiger partial charge in [-0.1, -0.05) is 34.1 Å². The Morgan fingerprint density at radius 1 is 1.19 bits per heavy atom. The first-order valence-corrected chi connectivity index (χ1v) is 11.0. The van der Waals surface area contributed by atoms with Crippen molar-refractivity contribution in [1.82, 2.24) is 4.90 Å². The first-order chi connectivity index (χ1) is 15.2. The van der Waals surface area contributed by atoms with Gasteiger partial charge in [-0.3, -0.25) is 19.3 Å². The standard InChI is InChI=1S/C22H19BrN2O6S/c1-12-4-3-5-13(2)20(12)24-18(26)10-25-21(29)17(32-22(25)30)9-14-8-15(23)6-7-16(14)31-11-19(27)28/h3-9H,10-11H2,1-2H3,(H,24,26)(H,27,28)/b17-9+. The molecule has 1 saturated heterocycles. The van der Waals surface area contributed by atoms with Crippen LogP contribution in [0.5, 0.6) is 5.75 Å². The molecule has 0 unspecified atom stereocenters. The number of rotatable bonds is 7. The molecule has 166 valence electrons. The first kappa shape index (κ1) is 23.6. The summed E-state index contributed by atoms with van der Waals surface area (Å²) >= 11 is 4.02. The number of aryl methyl sites for hydroxylation is 2. The molecule has 0 aromatic heterocycles. The van der Waals surface area contributed by atoms with Crippen molar-refractivity contribution in [3.05, 3.63) is 62.5 Å². The second kappa shape index (κ2) is 10.0. The van der Waals surface area contributed by atoms with Gasteiger partial charge in [0.2, 0.25) is 5.91 Å². The molecular formula is C22H19BrN2O6S. The van der Waals surface area contributed by atoms with E-state index in [0.29, 0.717) is 27.5 Å². The maximum atomic E-state index is 12.8. The quantitative estimate of drug-likeness (QED) is 0.527. The Labute approximate surface area is 196 Å². The molecule has 10 heteroatoms. The summed E-state index contributed by atoms with van der Waals surface area (Å²) in [6.07, 6.45) is 1.44. The summed E-state index contributed by atoms with van der Waals surface area (Å²) in [6.45, 7) is 2.74. The van der Waals surface area contributed by atoms with E-state index in [4.69, 9.17) is 9.84 Å². The summed E-state index contributed by atoms with van der Waals surface area (Å²) in [5, 5.41) is 11.0. The van der Waals surface area contributed by atoms with E-state index in [1.54, 1.807) is 18.2 Å².